The van der Waals surface area contributed by atoms with Crippen LogP contribution in [0.2, 0.25) is 0 Å². The van der Waals surface area contributed by atoms with Crippen LogP contribution in [0.5, 0.6) is 5.75 Å². The molecular weight excluding hydrogens is 278 g/mol. The summed E-state index contributed by atoms with van der Waals surface area (Å²) in [5.74, 6) is 1.24. The quantitative estimate of drug-likeness (QED) is 0.590. The van der Waals surface area contributed by atoms with Crippen molar-refractivity contribution in [3.8, 4) is 5.75 Å². The monoisotopic (exact) mass is 295 g/mol. The summed E-state index contributed by atoms with van der Waals surface area (Å²) in [6, 6.07) is 7.82. The molecule has 1 atom stereocenters. The summed E-state index contributed by atoms with van der Waals surface area (Å²) >= 11 is 1.65. The van der Waals surface area contributed by atoms with Crippen LogP contribution in [0, 0.1) is 0 Å². The zero-order chi connectivity index (χ0) is 14.5. The SMILES string of the molecule is COC(=O)CN1C(=O)CC1SCc1ccc(OC)cc1. The van der Waals surface area contributed by atoms with Gasteiger partial charge in [-0.3, -0.25) is 9.59 Å². The van der Waals surface area contributed by atoms with Crippen LogP contribution >= 0.6 is 11.8 Å². The van der Waals surface area contributed by atoms with Crippen molar-refractivity contribution in [3.63, 3.8) is 0 Å². The van der Waals surface area contributed by atoms with Crippen molar-refractivity contribution in [2.24, 2.45) is 0 Å². The Bertz CT molecular complexity index is 488. The molecule has 1 fully saturated rings. The number of rotatable bonds is 6. The van der Waals surface area contributed by atoms with Gasteiger partial charge in [0.05, 0.1) is 26.0 Å². The van der Waals surface area contributed by atoms with E-state index in [4.69, 9.17) is 4.74 Å². The summed E-state index contributed by atoms with van der Waals surface area (Å²) in [7, 11) is 2.96. The molecule has 0 aromatic heterocycles. The number of carbonyl (C=O) groups is 2. The minimum Gasteiger partial charge on any atom is -0.497 e. The summed E-state index contributed by atoms with van der Waals surface area (Å²) in [6.45, 7) is 0.0373. The van der Waals surface area contributed by atoms with Gasteiger partial charge in [0.2, 0.25) is 5.91 Å². The van der Waals surface area contributed by atoms with Crippen LogP contribution in [0.25, 0.3) is 0 Å². The van der Waals surface area contributed by atoms with E-state index in [1.807, 2.05) is 24.3 Å². The van der Waals surface area contributed by atoms with Crippen LogP contribution in [0.1, 0.15) is 12.0 Å². The Morgan fingerprint density at radius 3 is 2.60 bits per heavy atom. The van der Waals surface area contributed by atoms with Crippen LogP contribution in [0.4, 0.5) is 0 Å². The van der Waals surface area contributed by atoms with E-state index in [2.05, 4.69) is 4.74 Å². The highest BCUT2D eigenvalue weighted by molar-refractivity contribution is 7.99. The minimum atomic E-state index is -0.381. The number of carbonyl (C=O) groups excluding carboxylic acids is 2. The number of nitrogens with zero attached hydrogens (tertiary/aromatic N) is 1. The van der Waals surface area contributed by atoms with Crippen molar-refractivity contribution >= 4 is 23.6 Å². The molecule has 0 bridgehead atoms. The van der Waals surface area contributed by atoms with Crippen LogP contribution < -0.4 is 4.74 Å². The van der Waals surface area contributed by atoms with Crippen molar-refractivity contribution in [1.82, 2.24) is 4.90 Å². The van der Waals surface area contributed by atoms with E-state index in [9.17, 15) is 9.59 Å². The van der Waals surface area contributed by atoms with Gasteiger partial charge in [-0.25, -0.2) is 0 Å². The lowest BCUT2D eigenvalue weighted by atomic mass is 10.2. The predicted octanol–water partition coefficient (Wildman–Crippen LogP) is 1.66. The third-order valence-electron chi connectivity index (χ3n) is 3.15. The Morgan fingerprint density at radius 1 is 1.35 bits per heavy atom. The highest BCUT2D eigenvalue weighted by atomic mass is 32.2. The fourth-order valence-corrected chi connectivity index (χ4v) is 3.09. The zero-order valence-electron chi connectivity index (χ0n) is 11.5. The maximum Gasteiger partial charge on any atom is 0.325 e. The molecule has 1 saturated heterocycles. The molecular formula is C14H17NO4S. The van der Waals surface area contributed by atoms with Gasteiger partial charge >= 0.3 is 5.97 Å². The van der Waals surface area contributed by atoms with Crippen molar-refractivity contribution in [1.29, 1.82) is 0 Å². The van der Waals surface area contributed by atoms with E-state index in [0.717, 1.165) is 17.1 Å². The third kappa shape index (κ3) is 3.45. The lowest BCUT2D eigenvalue weighted by Crippen LogP contribution is -2.52. The lowest BCUT2D eigenvalue weighted by Gasteiger charge is -2.39. The number of thioether (sulfide) groups is 1. The third-order valence-corrected chi connectivity index (χ3v) is 4.45. The number of benzene rings is 1. The van der Waals surface area contributed by atoms with E-state index >= 15 is 0 Å². The van der Waals surface area contributed by atoms with E-state index in [-0.39, 0.29) is 23.8 Å². The number of β-lactam (4-membered cyclic amide) rings is 1. The molecule has 2 rings (SSSR count). The average Bonchev–Trinajstić information content (AvgIpc) is 2.49. The van der Waals surface area contributed by atoms with Gasteiger partial charge in [-0.2, -0.15) is 0 Å². The lowest BCUT2D eigenvalue weighted by molar-refractivity contribution is -0.153. The first-order chi connectivity index (χ1) is 9.63. The van der Waals surface area contributed by atoms with Crippen molar-refractivity contribution in [2.75, 3.05) is 20.8 Å². The summed E-state index contributed by atoms with van der Waals surface area (Å²) < 4.78 is 9.69. The zero-order valence-corrected chi connectivity index (χ0v) is 12.3. The second kappa shape index (κ2) is 6.65. The Hall–Kier alpha value is -1.69. The Morgan fingerprint density at radius 2 is 2.05 bits per heavy atom. The molecule has 0 radical (unpaired) electrons. The summed E-state index contributed by atoms with van der Waals surface area (Å²) in [4.78, 5) is 24.2. The average molecular weight is 295 g/mol. The van der Waals surface area contributed by atoms with Crippen molar-refractivity contribution in [3.05, 3.63) is 29.8 Å². The van der Waals surface area contributed by atoms with Crippen LogP contribution in [-0.2, 0) is 20.1 Å². The summed E-state index contributed by atoms with van der Waals surface area (Å²) in [6.07, 6.45) is 0.484. The fourth-order valence-electron chi connectivity index (χ4n) is 1.88. The second-order valence-electron chi connectivity index (χ2n) is 4.42. The molecule has 0 saturated carbocycles. The van der Waals surface area contributed by atoms with Gasteiger partial charge in [0.15, 0.2) is 0 Å². The Labute approximate surface area is 122 Å². The number of likely N-dealkylation sites (tertiary alicyclic amines) is 1. The van der Waals surface area contributed by atoms with E-state index in [1.54, 1.807) is 23.8 Å². The van der Waals surface area contributed by atoms with Crippen LogP contribution in [-0.4, -0.2) is 42.9 Å². The number of esters is 1. The first kappa shape index (κ1) is 14.7. The van der Waals surface area contributed by atoms with Crippen molar-refractivity contribution in [2.45, 2.75) is 17.5 Å². The van der Waals surface area contributed by atoms with E-state index in [0.29, 0.717) is 6.42 Å². The molecule has 5 nitrogen and oxygen atoms in total. The molecule has 6 heteroatoms. The Balaban J connectivity index is 1.83. The highest BCUT2D eigenvalue weighted by Gasteiger charge is 2.37. The molecule has 1 aromatic carbocycles. The number of hydrogen-bond donors (Lipinski definition) is 0. The number of amides is 1. The Kier molecular flexibility index (Phi) is 4.89. The maximum absolute atomic E-state index is 11.5. The molecule has 1 aliphatic heterocycles. The summed E-state index contributed by atoms with van der Waals surface area (Å²) in [5, 5.41) is 0.0590. The van der Waals surface area contributed by atoms with Gasteiger partial charge in [0.1, 0.15) is 12.3 Å². The molecule has 1 amide bonds. The van der Waals surface area contributed by atoms with Gasteiger partial charge < -0.3 is 14.4 Å². The normalized spacial score (nSPS) is 17.6. The van der Waals surface area contributed by atoms with Gasteiger partial charge in [-0.15, -0.1) is 11.8 Å². The molecule has 1 aliphatic rings. The topological polar surface area (TPSA) is 55.8 Å². The van der Waals surface area contributed by atoms with Gasteiger partial charge in [0.25, 0.3) is 0 Å². The largest absolute Gasteiger partial charge is 0.497 e. The van der Waals surface area contributed by atoms with Gasteiger partial charge in [-0.1, -0.05) is 12.1 Å². The number of ether oxygens (including phenoxy) is 2. The van der Waals surface area contributed by atoms with Crippen LogP contribution in [0.15, 0.2) is 24.3 Å². The second-order valence-corrected chi connectivity index (χ2v) is 5.58. The summed E-state index contributed by atoms with van der Waals surface area (Å²) in [5.41, 5.74) is 1.16. The minimum absolute atomic E-state index is 0.00244. The van der Waals surface area contributed by atoms with Gasteiger partial charge in [0, 0.05) is 5.75 Å². The van der Waals surface area contributed by atoms with E-state index < -0.39 is 0 Å². The standard InChI is InChI=1S/C14H17NO4S/c1-18-11-5-3-10(4-6-11)9-20-13-7-12(16)15(13)8-14(17)19-2/h3-6,13H,7-9H2,1-2H3. The molecule has 0 spiro atoms. The highest BCUT2D eigenvalue weighted by Crippen LogP contribution is 2.31. The molecule has 1 aromatic rings. The molecule has 0 aliphatic carbocycles. The molecule has 1 heterocycles. The predicted molar refractivity (Wildman–Crippen MR) is 76.4 cm³/mol. The van der Waals surface area contributed by atoms with Crippen molar-refractivity contribution < 1.29 is 19.1 Å². The molecule has 108 valence electrons. The smallest absolute Gasteiger partial charge is 0.325 e. The molecule has 1 unspecified atom stereocenters. The maximum atomic E-state index is 11.5. The molecule has 20 heavy (non-hydrogen) atoms. The van der Waals surface area contributed by atoms with Gasteiger partial charge in [-0.05, 0) is 17.7 Å². The fraction of sp³-hybridized carbons (Fsp3) is 0.429. The van der Waals surface area contributed by atoms with Crippen LogP contribution in [0.3, 0.4) is 0 Å². The number of hydrogen-bond acceptors (Lipinski definition) is 5. The van der Waals surface area contributed by atoms with E-state index in [1.165, 1.54) is 7.11 Å². The molecule has 0 N–H and O–H groups in total. The number of methoxy groups -OCH3 is 2. The first-order valence-electron chi connectivity index (χ1n) is 6.25. The first-order valence-corrected chi connectivity index (χ1v) is 7.29.